The fourth-order valence-corrected chi connectivity index (χ4v) is 2.73. The summed E-state index contributed by atoms with van der Waals surface area (Å²) in [6.07, 6.45) is 2.17. The second-order valence-electron chi connectivity index (χ2n) is 5.70. The van der Waals surface area contributed by atoms with Gasteiger partial charge in [-0.2, -0.15) is 5.10 Å². The van der Waals surface area contributed by atoms with Gasteiger partial charge in [-0.3, -0.25) is 9.48 Å². The number of nitrogens with one attached hydrogen (secondary N) is 1. The Bertz CT molecular complexity index is 694. The molecular formula is C16H18FN3O2. The van der Waals surface area contributed by atoms with Crippen molar-refractivity contribution in [1.82, 2.24) is 15.1 Å². The number of rotatable bonds is 5. The Morgan fingerprint density at radius 3 is 2.86 bits per heavy atom. The van der Waals surface area contributed by atoms with Crippen molar-refractivity contribution in [1.29, 1.82) is 0 Å². The molecule has 2 aromatic rings. The molecular weight excluding hydrogens is 285 g/mol. The fraction of sp³-hybridized carbons (Fsp3) is 0.375. The lowest BCUT2D eigenvalue weighted by molar-refractivity contribution is -0.124. The van der Waals surface area contributed by atoms with Gasteiger partial charge >= 0.3 is 0 Å². The number of aliphatic hydroxyl groups excluding tert-OH is 1. The molecule has 1 aliphatic rings. The first-order valence-electron chi connectivity index (χ1n) is 7.23. The predicted octanol–water partition coefficient (Wildman–Crippen LogP) is 1.44. The third-order valence-electron chi connectivity index (χ3n) is 4.22. The molecule has 0 bridgehead atoms. The highest BCUT2D eigenvalue weighted by Gasteiger charge is 2.51. The number of amides is 1. The molecule has 0 radical (unpaired) electrons. The summed E-state index contributed by atoms with van der Waals surface area (Å²) in [5, 5.41) is 16.9. The molecule has 0 spiro atoms. The number of benzene rings is 1. The van der Waals surface area contributed by atoms with Gasteiger partial charge in [-0.25, -0.2) is 4.39 Å². The number of carbonyl (C=O) groups excluding carboxylic acids is 1. The molecule has 2 N–H and O–H groups in total. The predicted molar refractivity (Wildman–Crippen MR) is 78.5 cm³/mol. The number of halogens is 1. The van der Waals surface area contributed by atoms with Crippen LogP contribution in [0.5, 0.6) is 0 Å². The molecule has 1 fully saturated rings. The zero-order valence-electron chi connectivity index (χ0n) is 12.3. The van der Waals surface area contributed by atoms with Gasteiger partial charge in [0.15, 0.2) is 0 Å². The van der Waals surface area contributed by atoms with Gasteiger partial charge in [0, 0.05) is 19.8 Å². The number of hydrogen-bond acceptors (Lipinski definition) is 3. The largest absolute Gasteiger partial charge is 0.385 e. The van der Waals surface area contributed by atoms with Crippen LogP contribution in [0.25, 0.3) is 0 Å². The summed E-state index contributed by atoms with van der Waals surface area (Å²) in [5.74, 6) is -0.509. The van der Waals surface area contributed by atoms with Crippen LogP contribution in [0.15, 0.2) is 36.5 Å². The van der Waals surface area contributed by atoms with Crippen LogP contribution in [0.1, 0.15) is 30.2 Å². The first-order valence-corrected chi connectivity index (χ1v) is 7.23. The molecule has 1 amide bonds. The van der Waals surface area contributed by atoms with Crippen molar-refractivity contribution in [2.45, 2.75) is 24.4 Å². The minimum absolute atomic E-state index is 0.107. The van der Waals surface area contributed by atoms with Crippen LogP contribution in [0.3, 0.4) is 0 Å². The average Bonchev–Trinajstić information content (AvgIpc) is 3.21. The molecule has 5 nitrogen and oxygen atoms in total. The Balaban J connectivity index is 1.66. The fourth-order valence-electron chi connectivity index (χ4n) is 2.73. The zero-order chi connectivity index (χ0) is 15.7. The van der Waals surface area contributed by atoms with E-state index in [0.717, 1.165) is 0 Å². The Hall–Kier alpha value is -2.21. The molecule has 22 heavy (non-hydrogen) atoms. The van der Waals surface area contributed by atoms with Crippen LogP contribution in [-0.4, -0.2) is 27.3 Å². The van der Waals surface area contributed by atoms with E-state index in [1.165, 1.54) is 12.1 Å². The molecule has 6 heteroatoms. The topological polar surface area (TPSA) is 67.2 Å². The molecule has 1 saturated carbocycles. The Labute approximate surface area is 127 Å². The molecule has 1 aromatic carbocycles. The maximum Gasteiger partial charge on any atom is 0.230 e. The molecule has 0 saturated heterocycles. The summed E-state index contributed by atoms with van der Waals surface area (Å²) in [6.45, 7) is 0.107. The van der Waals surface area contributed by atoms with Gasteiger partial charge in [0.1, 0.15) is 11.9 Å². The minimum Gasteiger partial charge on any atom is -0.385 e. The van der Waals surface area contributed by atoms with Crippen molar-refractivity contribution in [3.8, 4) is 0 Å². The summed E-state index contributed by atoms with van der Waals surface area (Å²) >= 11 is 0. The quantitative estimate of drug-likeness (QED) is 0.878. The Morgan fingerprint density at radius 1 is 1.50 bits per heavy atom. The van der Waals surface area contributed by atoms with Gasteiger partial charge < -0.3 is 10.4 Å². The summed E-state index contributed by atoms with van der Waals surface area (Å²) in [6, 6.07) is 7.86. The Kier molecular flexibility index (Phi) is 3.70. The number of aromatic nitrogens is 2. The van der Waals surface area contributed by atoms with E-state index in [4.69, 9.17) is 0 Å². The first-order chi connectivity index (χ1) is 10.5. The highest BCUT2D eigenvalue weighted by atomic mass is 19.1. The number of aliphatic hydroxyl groups is 1. The second kappa shape index (κ2) is 5.53. The maximum absolute atomic E-state index is 13.4. The lowest BCUT2D eigenvalue weighted by Crippen LogP contribution is -2.37. The lowest BCUT2D eigenvalue weighted by atomic mass is 9.95. The van der Waals surface area contributed by atoms with Crippen LogP contribution < -0.4 is 5.32 Å². The summed E-state index contributed by atoms with van der Waals surface area (Å²) in [7, 11) is 1.73. The summed E-state index contributed by atoms with van der Waals surface area (Å²) < 4.78 is 14.9. The van der Waals surface area contributed by atoms with Gasteiger partial charge in [-0.15, -0.1) is 0 Å². The first kappa shape index (κ1) is 14.7. The summed E-state index contributed by atoms with van der Waals surface area (Å²) in [4.78, 5) is 12.4. The van der Waals surface area contributed by atoms with E-state index in [0.29, 0.717) is 24.1 Å². The van der Waals surface area contributed by atoms with Crippen LogP contribution >= 0.6 is 0 Å². The van der Waals surface area contributed by atoms with Crippen LogP contribution in [0.2, 0.25) is 0 Å². The molecule has 1 unspecified atom stereocenters. The van der Waals surface area contributed by atoms with Crippen LogP contribution in [-0.2, 0) is 17.3 Å². The van der Waals surface area contributed by atoms with E-state index in [2.05, 4.69) is 10.4 Å². The SMILES string of the molecule is Cn1nccc1C(O)CNC(=O)C1(c2cccc(F)c2)CC1. The number of carbonyl (C=O) groups is 1. The van der Waals surface area contributed by atoms with Crippen molar-refractivity contribution < 1.29 is 14.3 Å². The highest BCUT2D eigenvalue weighted by Crippen LogP contribution is 2.48. The monoisotopic (exact) mass is 303 g/mol. The van der Waals surface area contributed by atoms with Gasteiger partial charge in [0.25, 0.3) is 0 Å². The number of aryl methyl sites for hydroxylation is 1. The van der Waals surface area contributed by atoms with Gasteiger partial charge in [-0.1, -0.05) is 12.1 Å². The van der Waals surface area contributed by atoms with Crippen LogP contribution in [0.4, 0.5) is 4.39 Å². The van der Waals surface area contributed by atoms with Gasteiger partial charge in [0.2, 0.25) is 5.91 Å². The molecule has 116 valence electrons. The van der Waals surface area contributed by atoms with Crippen molar-refractivity contribution in [3.63, 3.8) is 0 Å². The third kappa shape index (κ3) is 2.62. The van der Waals surface area contributed by atoms with Crippen molar-refractivity contribution in [2.75, 3.05) is 6.54 Å². The smallest absolute Gasteiger partial charge is 0.230 e. The number of hydrogen-bond donors (Lipinski definition) is 2. The molecule has 1 aliphatic carbocycles. The maximum atomic E-state index is 13.4. The highest BCUT2D eigenvalue weighted by molar-refractivity contribution is 5.91. The van der Waals surface area contributed by atoms with E-state index in [1.54, 1.807) is 36.1 Å². The van der Waals surface area contributed by atoms with Crippen LogP contribution in [0, 0.1) is 5.82 Å². The van der Waals surface area contributed by atoms with E-state index >= 15 is 0 Å². The van der Waals surface area contributed by atoms with E-state index in [1.807, 2.05) is 0 Å². The average molecular weight is 303 g/mol. The summed E-state index contributed by atoms with van der Waals surface area (Å²) in [5.41, 5.74) is 0.685. The van der Waals surface area contributed by atoms with E-state index < -0.39 is 11.5 Å². The van der Waals surface area contributed by atoms with Gasteiger partial charge in [0.05, 0.1) is 11.1 Å². The second-order valence-corrected chi connectivity index (χ2v) is 5.70. The molecule has 1 heterocycles. The zero-order valence-corrected chi connectivity index (χ0v) is 12.3. The Morgan fingerprint density at radius 2 is 2.27 bits per heavy atom. The van der Waals surface area contributed by atoms with Crippen molar-refractivity contribution >= 4 is 5.91 Å². The van der Waals surface area contributed by atoms with E-state index in [-0.39, 0.29) is 18.3 Å². The van der Waals surface area contributed by atoms with E-state index in [9.17, 15) is 14.3 Å². The lowest BCUT2D eigenvalue weighted by Gasteiger charge is -2.18. The van der Waals surface area contributed by atoms with Gasteiger partial charge in [-0.05, 0) is 36.6 Å². The molecule has 1 atom stereocenters. The molecule has 0 aliphatic heterocycles. The standard InChI is InChI=1S/C16H18FN3O2/c1-20-13(5-8-19-20)14(21)10-18-15(22)16(6-7-16)11-3-2-4-12(17)9-11/h2-5,8-9,14,21H,6-7,10H2,1H3,(H,18,22). The normalized spacial score (nSPS) is 17.0. The third-order valence-corrected chi connectivity index (χ3v) is 4.22. The molecule has 1 aromatic heterocycles. The van der Waals surface area contributed by atoms with Crippen molar-refractivity contribution in [3.05, 3.63) is 53.6 Å². The molecule has 3 rings (SSSR count). The number of nitrogens with zero attached hydrogens (tertiary/aromatic N) is 2. The van der Waals surface area contributed by atoms with Crippen molar-refractivity contribution in [2.24, 2.45) is 7.05 Å². The minimum atomic E-state index is -0.820.